The molecule has 0 atom stereocenters. The number of para-hydroxylation sites is 1. The molecule has 0 aliphatic carbocycles. The van der Waals surface area contributed by atoms with Crippen molar-refractivity contribution in [3.05, 3.63) is 101 Å². The van der Waals surface area contributed by atoms with E-state index < -0.39 is 11.9 Å². The number of methoxy groups -OCH3 is 1. The summed E-state index contributed by atoms with van der Waals surface area (Å²) in [7, 11) is 1.46. The molecular formula is C26H23ClN2O5. The van der Waals surface area contributed by atoms with Crippen LogP contribution in [0.5, 0.6) is 17.2 Å². The van der Waals surface area contributed by atoms with Gasteiger partial charge in [0, 0.05) is 5.02 Å². The lowest BCUT2D eigenvalue weighted by molar-refractivity contribution is -0.123. The van der Waals surface area contributed by atoms with Gasteiger partial charge in [-0.15, -0.1) is 6.58 Å². The molecule has 34 heavy (non-hydrogen) atoms. The number of esters is 1. The molecule has 174 valence electrons. The van der Waals surface area contributed by atoms with Gasteiger partial charge in [0.05, 0.1) is 18.9 Å². The third-order valence-corrected chi connectivity index (χ3v) is 4.82. The van der Waals surface area contributed by atoms with Crippen LogP contribution in [0.15, 0.2) is 84.5 Å². The molecule has 0 bridgehead atoms. The molecule has 0 unspecified atom stereocenters. The summed E-state index contributed by atoms with van der Waals surface area (Å²) in [6.45, 7) is 3.53. The first-order valence-electron chi connectivity index (χ1n) is 10.3. The Kier molecular flexibility index (Phi) is 8.82. The van der Waals surface area contributed by atoms with Gasteiger partial charge in [0.2, 0.25) is 0 Å². The molecule has 0 saturated heterocycles. The number of carbonyl (C=O) groups is 2. The Balaban J connectivity index is 1.56. The van der Waals surface area contributed by atoms with E-state index >= 15 is 0 Å². The number of ether oxygens (including phenoxy) is 3. The summed E-state index contributed by atoms with van der Waals surface area (Å²) in [4.78, 5) is 24.4. The molecule has 0 aliphatic heterocycles. The van der Waals surface area contributed by atoms with Crippen LogP contribution in [0.1, 0.15) is 21.5 Å². The fraction of sp³-hybridized carbons (Fsp3) is 0.115. The largest absolute Gasteiger partial charge is 0.493 e. The molecule has 0 aliphatic rings. The van der Waals surface area contributed by atoms with Crippen molar-refractivity contribution in [2.24, 2.45) is 5.10 Å². The monoisotopic (exact) mass is 478 g/mol. The van der Waals surface area contributed by atoms with Crippen molar-refractivity contribution >= 4 is 29.7 Å². The van der Waals surface area contributed by atoms with Gasteiger partial charge in [-0.25, -0.2) is 10.2 Å². The summed E-state index contributed by atoms with van der Waals surface area (Å²) in [6.07, 6.45) is 3.85. The van der Waals surface area contributed by atoms with Crippen molar-refractivity contribution in [3.8, 4) is 17.2 Å². The minimum atomic E-state index is -0.543. The van der Waals surface area contributed by atoms with Gasteiger partial charge < -0.3 is 14.2 Å². The van der Waals surface area contributed by atoms with Gasteiger partial charge in [-0.1, -0.05) is 35.9 Å². The minimum Gasteiger partial charge on any atom is -0.493 e. The van der Waals surface area contributed by atoms with E-state index in [2.05, 4.69) is 17.1 Å². The number of halogens is 1. The van der Waals surface area contributed by atoms with Crippen LogP contribution in [0.2, 0.25) is 5.02 Å². The number of hydrazone groups is 1. The van der Waals surface area contributed by atoms with E-state index in [1.54, 1.807) is 54.6 Å². The highest BCUT2D eigenvalue weighted by atomic mass is 35.5. The number of benzene rings is 3. The highest BCUT2D eigenvalue weighted by Crippen LogP contribution is 2.28. The van der Waals surface area contributed by atoms with Crippen LogP contribution in [0.4, 0.5) is 0 Å². The summed E-state index contributed by atoms with van der Waals surface area (Å²) in [6, 6.07) is 18.7. The average Bonchev–Trinajstić information content (AvgIpc) is 2.85. The maximum absolute atomic E-state index is 12.3. The van der Waals surface area contributed by atoms with Gasteiger partial charge in [-0.3, -0.25) is 4.79 Å². The number of amides is 1. The first-order valence-corrected chi connectivity index (χ1v) is 10.7. The molecule has 1 amide bonds. The van der Waals surface area contributed by atoms with Gasteiger partial charge in [0.15, 0.2) is 18.1 Å². The van der Waals surface area contributed by atoms with E-state index in [1.165, 1.54) is 13.3 Å². The first-order chi connectivity index (χ1) is 16.5. The van der Waals surface area contributed by atoms with Crippen LogP contribution >= 0.6 is 11.6 Å². The average molecular weight is 479 g/mol. The summed E-state index contributed by atoms with van der Waals surface area (Å²) >= 11 is 5.85. The normalized spacial score (nSPS) is 10.5. The fourth-order valence-electron chi connectivity index (χ4n) is 2.92. The maximum atomic E-state index is 12.3. The van der Waals surface area contributed by atoms with Gasteiger partial charge in [-0.2, -0.15) is 5.10 Å². The highest BCUT2D eigenvalue weighted by Gasteiger charge is 2.13. The predicted octanol–water partition coefficient (Wildman–Crippen LogP) is 4.83. The van der Waals surface area contributed by atoms with Crippen LogP contribution in [0.25, 0.3) is 0 Å². The fourth-order valence-corrected chi connectivity index (χ4v) is 3.04. The number of rotatable bonds is 10. The van der Waals surface area contributed by atoms with E-state index in [0.29, 0.717) is 34.1 Å². The standard InChI is InChI=1S/C26H23ClN2O5/c1-3-6-19-7-4-5-8-22(19)33-17-25(30)29-28-16-18-9-14-23(24(15-18)32-2)34-26(31)20-10-12-21(27)13-11-20/h3-5,7-16H,1,6,17H2,2H3,(H,29,30)/b28-16+. The molecule has 7 nitrogen and oxygen atoms in total. The number of hydrogen-bond donors (Lipinski definition) is 1. The van der Waals surface area contributed by atoms with E-state index in [9.17, 15) is 9.59 Å². The smallest absolute Gasteiger partial charge is 0.343 e. The van der Waals surface area contributed by atoms with Crippen molar-refractivity contribution in [1.82, 2.24) is 5.43 Å². The second kappa shape index (κ2) is 12.2. The van der Waals surface area contributed by atoms with E-state index in [0.717, 1.165) is 5.56 Å². The Labute approximate surface area is 202 Å². The lowest BCUT2D eigenvalue weighted by atomic mass is 10.1. The molecular weight excluding hydrogens is 456 g/mol. The summed E-state index contributed by atoms with van der Waals surface area (Å²) in [5, 5.41) is 4.46. The molecule has 1 N–H and O–H groups in total. The van der Waals surface area contributed by atoms with Crippen LogP contribution < -0.4 is 19.6 Å². The lowest BCUT2D eigenvalue weighted by Crippen LogP contribution is -2.24. The molecule has 0 heterocycles. The van der Waals surface area contributed by atoms with Crippen molar-refractivity contribution in [1.29, 1.82) is 0 Å². The Bertz CT molecular complexity index is 1190. The van der Waals surface area contributed by atoms with Gasteiger partial charge >= 0.3 is 5.97 Å². The molecule has 0 spiro atoms. The zero-order valence-corrected chi connectivity index (χ0v) is 19.2. The summed E-state index contributed by atoms with van der Waals surface area (Å²) in [5.41, 5.74) is 4.34. The molecule has 3 rings (SSSR count). The number of nitrogens with one attached hydrogen (secondary N) is 1. The summed E-state index contributed by atoms with van der Waals surface area (Å²) < 4.78 is 16.3. The SMILES string of the molecule is C=CCc1ccccc1OCC(=O)N/N=C/c1ccc(OC(=O)c2ccc(Cl)cc2)c(OC)c1. The van der Waals surface area contributed by atoms with Crippen LogP contribution in [-0.4, -0.2) is 31.8 Å². The molecule has 3 aromatic rings. The minimum absolute atomic E-state index is 0.186. The van der Waals surface area contributed by atoms with Crippen LogP contribution in [0.3, 0.4) is 0 Å². The Morgan fingerprint density at radius 3 is 2.53 bits per heavy atom. The lowest BCUT2D eigenvalue weighted by Gasteiger charge is -2.10. The zero-order valence-electron chi connectivity index (χ0n) is 18.5. The van der Waals surface area contributed by atoms with E-state index in [4.69, 9.17) is 25.8 Å². The molecule has 0 saturated carbocycles. The van der Waals surface area contributed by atoms with Crippen LogP contribution in [-0.2, 0) is 11.2 Å². The molecule has 0 radical (unpaired) electrons. The number of allylic oxidation sites excluding steroid dienone is 1. The number of hydrogen-bond acceptors (Lipinski definition) is 6. The topological polar surface area (TPSA) is 86.2 Å². The third-order valence-electron chi connectivity index (χ3n) is 4.57. The third kappa shape index (κ3) is 6.95. The molecule has 0 fully saturated rings. The Hall–Kier alpha value is -4.10. The first kappa shape index (κ1) is 24.5. The van der Waals surface area contributed by atoms with Crippen molar-refractivity contribution < 1.29 is 23.8 Å². The van der Waals surface area contributed by atoms with E-state index in [-0.39, 0.29) is 12.4 Å². The maximum Gasteiger partial charge on any atom is 0.343 e. The Morgan fingerprint density at radius 2 is 1.79 bits per heavy atom. The quantitative estimate of drug-likeness (QED) is 0.148. The van der Waals surface area contributed by atoms with Crippen molar-refractivity contribution in [2.75, 3.05) is 13.7 Å². The molecule has 0 aromatic heterocycles. The second-order valence-electron chi connectivity index (χ2n) is 6.99. The second-order valence-corrected chi connectivity index (χ2v) is 7.43. The summed E-state index contributed by atoms with van der Waals surface area (Å²) in [5.74, 6) is 0.244. The number of nitrogens with zero attached hydrogens (tertiary/aromatic N) is 1. The van der Waals surface area contributed by atoms with Gasteiger partial charge in [-0.05, 0) is 66.1 Å². The van der Waals surface area contributed by atoms with Gasteiger partial charge in [0.1, 0.15) is 5.75 Å². The predicted molar refractivity (Wildman–Crippen MR) is 131 cm³/mol. The Morgan fingerprint density at radius 1 is 1.03 bits per heavy atom. The molecule has 3 aromatic carbocycles. The van der Waals surface area contributed by atoms with E-state index in [1.807, 2.05) is 18.2 Å². The van der Waals surface area contributed by atoms with Crippen molar-refractivity contribution in [2.45, 2.75) is 6.42 Å². The van der Waals surface area contributed by atoms with Gasteiger partial charge in [0.25, 0.3) is 5.91 Å². The van der Waals surface area contributed by atoms with Crippen molar-refractivity contribution in [3.63, 3.8) is 0 Å². The molecule has 8 heteroatoms. The number of carbonyl (C=O) groups excluding carboxylic acids is 2. The zero-order chi connectivity index (χ0) is 24.3. The van der Waals surface area contributed by atoms with Crippen LogP contribution in [0, 0.1) is 0 Å². The highest BCUT2D eigenvalue weighted by molar-refractivity contribution is 6.30.